The number of nitrogens with one attached hydrogen (secondary N) is 3. The van der Waals surface area contributed by atoms with E-state index in [0.29, 0.717) is 0 Å². The number of carboxylic acid groups (broad SMARTS) is 1. The molecule has 0 saturated carbocycles. The van der Waals surface area contributed by atoms with Crippen LogP contribution < -0.4 is 33.2 Å². The maximum absolute atomic E-state index is 14.0. The van der Waals surface area contributed by atoms with Gasteiger partial charge in [-0.05, 0) is 25.0 Å². The summed E-state index contributed by atoms with van der Waals surface area (Å²) >= 11 is 0. The third-order valence-corrected chi connectivity index (χ3v) is 16.6. The highest BCUT2D eigenvalue weighted by atomic mass is 31.2. The number of primary amides is 3. The van der Waals surface area contributed by atoms with Crippen molar-refractivity contribution in [3.8, 4) is 0 Å². The minimum atomic E-state index is -5.83. The van der Waals surface area contributed by atoms with Crippen LogP contribution >= 0.6 is 7.82 Å². The lowest BCUT2D eigenvalue weighted by atomic mass is 9.85. The van der Waals surface area contributed by atoms with E-state index in [2.05, 4.69) is 16.0 Å². The summed E-state index contributed by atoms with van der Waals surface area (Å²) < 4.78 is 88.1. The topological polar surface area (TPSA) is 596 Å². The van der Waals surface area contributed by atoms with Crippen LogP contribution in [0, 0.1) is 0 Å². The third-order valence-electron chi connectivity index (χ3n) is 15.6. The normalized spacial score (nSPS) is 38.2. The van der Waals surface area contributed by atoms with Crippen LogP contribution in [0.5, 0.6) is 0 Å². The van der Waals surface area contributed by atoms with Crippen LogP contribution in [0.4, 0.5) is 4.79 Å². The number of amides is 5. The quantitative estimate of drug-likeness (QED) is 0.0278. The predicted octanol–water partition coefficient (Wildman–Crippen LogP) is -8.14. The summed E-state index contributed by atoms with van der Waals surface area (Å²) in [7, 11) is -5.83. The van der Waals surface area contributed by atoms with Crippen molar-refractivity contribution in [2.24, 2.45) is 17.2 Å². The number of carbonyl (C=O) groups excluding carboxylic acids is 5. The van der Waals surface area contributed by atoms with Gasteiger partial charge in [0.1, 0.15) is 90.9 Å². The van der Waals surface area contributed by atoms with Crippen LogP contribution in [0.3, 0.4) is 0 Å². The van der Waals surface area contributed by atoms with Crippen LogP contribution in [0.15, 0.2) is 60.7 Å². The molecule has 0 aromatic heterocycles. The van der Waals surface area contributed by atoms with Crippen LogP contribution in [-0.4, -0.2) is 289 Å². The van der Waals surface area contributed by atoms with Crippen molar-refractivity contribution in [2.75, 3.05) is 33.0 Å². The van der Waals surface area contributed by atoms with E-state index in [9.17, 15) is 94.4 Å². The number of aliphatic carboxylic acids is 1. The summed E-state index contributed by atoms with van der Waals surface area (Å²) in [4.78, 5) is 87.6. The first-order valence-corrected chi connectivity index (χ1v) is 30.3. The molecule has 0 spiro atoms. The van der Waals surface area contributed by atoms with Crippen LogP contribution in [-0.2, 0) is 89.7 Å². The zero-order chi connectivity index (χ0) is 68.6. The van der Waals surface area contributed by atoms with E-state index in [1.165, 1.54) is 6.92 Å². The number of rotatable bonds is 28. The lowest BCUT2D eigenvalue weighted by Crippen LogP contribution is -2.72. The number of carboxylic acids is 1. The van der Waals surface area contributed by atoms with E-state index in [4.69, 9.17) is 78.4 Å². The van der Waals surface area contributed by atoms with Crippen LogP contribution in [0.1, 0.15) is 44.9 Å². The third kappa shape index (κ3) is 18.3. The number of ether oxygens (including phenoxy) is 11. The van der Waals surface area contributed by atoms with Gasteiger partial charge < -0.3 is 146 Å². The number of aliphatic hydroxyl groups is 10. The van der Waals surface area contributed by atoms with Gasteiger partial charge in [0.05, 0.1) is 38.6 Å². The van der Waals surface area contributed by atoms with E-state index in [1.807, 2.05) is 60.7 Å². The summed E-state index contributed by atoms with van der Waals surface area (Å²) in [5, 5.41) is 128. The summed E-state index contributed by atoms with van der Waals surface area (Å²) in [6.45, 7) is 0.347. The predicted molar refractivity (Wildman–Crippen MR) is 300 cm³/mol. The Morgan fingerprint density at radius 1 is 0.645 bits per heavy atom. The van der Waals surface area contributed by atoms with Gasteiger partial charge in [-0.15, -0.1) is 0 Å². The van der Waals surface area contributed by atoms with Gasteiger partial charge in [-0.25, -0.2) is 14.2 Å². The van der Waals surface area contributed by atoms with Gasteiger partial charge >= 0.3 is 19.9 Å². The minimum Gasteiger partial charge on any atom is -0.479 e. The molecule has 5 amide bonds. The number of aliphatic hydroxyl groups excluding tert-OH is 9. The Morgan fingerprint density at radius 3 is 1.71 bits per heavy atom. The van der Waals surface area contributed by atoms with Gasteiger partial charge in [0.25, 0.3) is 0 Å². The first kappa shape index (κ1) is 74.7. The molecule has 5 aliphatic rings. The number of hydrogen-bond acceptors (Lipinski definition) is 31. The second kappa shape index (κ2) is 32.4. The number of phosphoric acid groups is 1. The van der Waals surface area contributed by atoms with Gasteiger partial charge in [-0.3, -0.25) is 28.2 Å². The molecule has 2 aromatic carbocycles. The molecule has 21 N–H and O–H groups in total. The van der Waals surface area contributed by atoms with E-state index in [1.54, 1.807) is 0 Å². The molecule has 5 fully saturated rings. The molecule has 93 heavy (non-hydrogen) atoms. The smallest absolute Gasteiger partial charge is 0.474 e. The molecule has 27 atom stereocenters. The second-order valence-corrected chi connectivity index (χ2v) is 23.9. The Kier molecular flexibility index (Phi) is 26.0. The van der Waals surface area contributed by atoms with Crippen molar-refractivity contribution in [3.05, 3.63) is 71.8 Å². The molecule has 39 heteroatoms. The van der Waals surface area contributed by atoms with E-state index in [-0.39, 0.29) is 13.2 Å². The SMILES string of the molecule is CC(=O)N[C@H]1[C@H](O[C@H]2[C@H](O)[C@@H](NC(C)=O)[C@H](O[C@H]3[C@@H](OP(=O)(O)OC[C@@H](OCCNC(c4ccccc4)c4ccccc4)C(=O)O)O[C@H](C(N)=O)[C@@](C)(O)[C@@H]3OC(N)=O)O[C@@H]2CO[C@@H]2O[C@H](CO)[C@@H](O)[C@H](O)[C@H]2O)O[C@H](C)[C@@H](O[C@@H]2O[C@H](C(N)=O)[C@H](O)[C@H](O)[C@H]2O)[C@@H]1O. The van der Waals surface area contributed by atoms with E-state index in [0.717, 1.165) is 31.9 Å². The molecular weight excluding hydrogens is 1280 g/mol. The lowest BCUT2D eigenvalue weighted by molar-refractivity contribution is -0.375. The number of nitrogens with two attached hydrogens (primary N) is 3. The van der Waals surface area contributed by atoms with Crippen LogP contribution in [0.25, 0.3) is 0 Å². The zero-order valence-electron chi connectivity index (χ0n) is 50.0. The molecule has 5 saturated heterocycles. The fraction of sp³-hybridized carbons (Fsp3) is 0.667. The molecule has 0 radical (unpaired) electrons. The van der Waals surface area contributed by atoms with Gasteiger partial charge in [0.2, 0.25) is 23.6 Å². The lowest BCUT2D eigenvalue weighted by Gasteiger charge is -2.52. The average Bonchev–Trinajstić information content (AvgIpc) is 0.756. The molecule has 38 nitrogen and oxygen atoms in total. The molecule has 1 unspecified atom stereocenters. The highest BCUT2D eigenvalue weighted by Crippen LogP contribution is 2.49. The Labute approximate surface area is 528 Å². The number of carbonyl (C=O) groups is 6. The van der Waals surface area contributed by atoms with Crippen LogP contribution in [0.2, 0.25) is 0 Å². The molecule has 522 valence electrons. The van der Waals surface area contributed by atoms with Gasteiger partial charge in [-0.1, -0.05) is 60.7 Å². The Hall–Kier alpha value is -5.67. The highest BCUT2D eigenvalue weighted by molar-refractivity contribution is 7.47. The maximum atomic E-state index is 14.0. The molecule has 7 rings (SSSR count). The fourth-order valence-electron chi connectivity index (χ4n) is 11.0. The summed E-state index contributed by atoms with van der Waals surface area (Å²) in [5.41, 5.74) is 15.1. The monoisotopic (exact) mass is 1350 g/mol. The molecule has 0 aliphatic carbocycles. The Morgan fingerprint density at radius 2 is 1.17 bits per heavy atom. The zero-order valence-corrected chi connectivity index (χ0v) is 50.9. The minimum absolute atomic E-state index is 0.0109. The molecule has 5 heterocycles. The van der Waals surface area contributed by atoms with Gasteiger partial charge in [-0.2, -0.15) is 0 Å². The molecule has 5 aliphatic heterocycles. The standard InChI is InChI=1S/C54H79N6O32P/c1-20-39(86-51-38(71)35(68)36(69)41(88-51)45(55)72)32(65)29(59-21(2)62)48(83-20)87-40-26(18-81-50-37(70)34(67)31(64)25(17-61)84-50)85-49(30(33(40)66)60-22(3)63)89-42-43(91-53(57)76)54(4,77)44(46(56)73)90-52(42)92-93(78,79)82-19-27(47(74)75)80-16-15-58-28(23-11-7-5-8-12-23)24-13-9-6-10-14-24/h5-14,20,25-44,48-52,58,61,64-71,77H,15-19H2,1-4H3,(H2,55,72)(H2,56,73)(H2,57,76)(H,59,62)(H,60,63)(H,74,75)(H,78,79)/t20-,25-,26-,27-,29-,30-,31-,32-,33-,34+,35+,36-,37-,38-,39-,40-,41+,42-,43-,44-,48+,49+,50-,51-,52-,54+/m1/s1. The first-order chi connectivity index (χ1) is 43.8. The van der Waals surface area contributed by atoms with Crippen molar-refractivity contribution >= 4 is 43.5 Å². The summed E-state index contributed by atoms with van der Waals surface area (Å²) in [6.07, 6.45) is -49.6. The van der Waals surface area contributed by atoms with Crippen molar-refractivity contribution in [3.63, 3.8) is 0 Å². The largest absolute Gasteiger partial charge is 0.479 e. The van der Waals surface area contributed by atoms with Crippen molar-refractivity contribution in [2.45, 2.75) is 193 Å². The van der Waals surface area contributed by atoms with E-state index < -0.39 is 228 Å². The highest BCUT2D eigenvalue weighted by Gasteiger charge is 2.62. The van der Waals surface area contributed by atoms with Gasteiger partial charge in [0, 0.05) is 20.4 Å². The number of phosphoric ester groups is 1. The molecule has 0 bridgehead atoms. The van der Waals surface area contributed by atoms with E-state index >= 15 is 0 Å². The number of hydrogen-bond donors (Lipinski definition) is 18. The molecule has 2 aromatic rings. The van der Waals surface area contributed by atoms with Crippen molar-refractivity contribution in [1.82, 2.24) is 16.0 Å². The molecular formula is C54H79N6O32P. The Bertz CT molecular complexity index is 2840. The maximum Gasteiger partial charge on any atom is 0.474 e. The first-order valence-electron chi connectivity index (χ1n) is 28.8. The summed E-state index contributed by atoms with van der Waals surface area (Å²) in [5.74, 6) is -6.43. The second-order valence-electron chi connectivity index (χ2n) is 22.5. The van der Waals surface area contributed by atoms with Gasteiger partial charge in [0.15, 0.2) is 62.0 Å². The fourth-order valence-corrected chi connectivity index (χ4v) is 11.8. The summed E-state index contributed by atoms with van der Waals surface area (Å²) in [6, 6.07) is 14.1. The van der Waals surface area contributed by atoms with Crippen molar-refractivity contribution in [1.29, 1.82) is 0 Å². The number of benzene rings is 2. The average molecular weight is 1360 g/mol. The Balaban J connectivity index is 1.19. The van der Waals surface area contributed by atoms with Crippen molar-refractivity contribution < 1.29 is 156 Å².